The quantitative estimate of drug-likeness (QED) is 0.825. The zero-order chi connectivity index (χ0) is 13.8. The van der Waals surface area contributed by atoms with Crippen molar-refractivity contribution in [1.29, 1.82) is 0 Å². The average Bonchev–Trinajstić information content (AvgIpc) is 3.20. The maximum absolute atomic E-state index is 11.8. The molecule has 1 aromatic carbocycles. The molecule has 1 fully saturated rings. The molecule has 1 aliphatic rings. The molecule has 104 valence electrons. The number of amides is 1. The molecular formula is C16H24N2O. The fourth-order valence-corrected chi connectivity index (χ4v) is 2.07. The van der Waals surface area contributed by atoms with Gasteiger partial charge in [-0.1, -0.05) is 38.1 Å². The van der Waals surface area contributed by atoms with Crippen molar-refractivity contribution in [3.63, 3.8) is 0 Å². The van der Waals surface area contributed by atoms with Gasteiger partial charge in [0, 0.05) is 6.04 Å². The average molecular weight is 260 g/mol. The molecule has 19 heavy (non-hydrogen) atoms. The van der Waals surface area contributed by atoms with Gasteiger partial charge >= 0.3 is 0 Å². The van der Waals surface area contributed by atoms with Crippen LogP contribution in [0.5, 0.6) is 0 Å². The second-order valence-electron chi connectivity index (χ2n) is 5.77. The van der Waals surface area contributed by atoms with Gasteiger partial charge in [0.05, 0.1) is 12.6 Å². The summed E-state index contributed by atoms with van der Waals surface area (Å²) >= 11 is 0. The van der Waals surface area contributed by atoms with Gasteiger partial charge in [-0.15, -0.1) is 0 Å². The zero-order valence-corrected chi connectivity index (χ0v) is 12.1. The molecule has 1 atom stereocenters. The van der Waals surface area contributed by atoms with Crippen LogP contribution in [0, 0.1) is 0 Å². The molecule has 0 radical (unpaired) electrons. The summed E-state index contributed by atoms with van der Waals surface area (Å²) in [6, 6.07) is 9.14. The van der Waals surface area contributed by atoms with E-state index in [4.69, 9.17) is 0 Å². The lowest BCUT2D eigenvalue weighted by Crippen LogP contribution is -2.36. The highest BCUT2D eigenvalue weighted by Gasteiger charge is 2.21. The highest BCUT2D eigenvalue weighted by atomic mass is 16.1. The summed E-state index contributed by atoms with van der Waals surface area (Å²) < 4.78 is 0. The van der Waals surface area contributed by atoms with E-state index in [1.165, 1.54) is 18.4 Å². The van der Waals surface area contributed by atoms with E-state index in [0.29, 0.717) is 18.5 Å². The molecule has 0 saturated heterocycles. The Morgan fingerprint density at radius 1 is 1.16 bits per heavy atom. The largest absolute Gasteiger partial charge is 0.348 e. The summed E-state index contributed by atoms with van der Waals surface area (Å²) in [5.41, 5.74) is 2.49. The number of benzene rings is 1. The standard InChI is InChI=1S/C16H24N2O/c1-11(2)13-4-6-14(7-5-13)12(3)18-16(19)10-17-15-8-9-15/h4-7,11-12,15,17H,8-10H2,1-3H3,(H,18,19). The maximum atomic E-state index is 11.8. The van der Waals surface area contributed by atoms with Crippen molar-refractivity contribution in [3.8, 4) is 0 Å². The third-order valence-electron chi connectivity index (χ3n) is 3.61. The molecule has 2 N–H and O–H groups in total. The molecule has 0 aliphatic heterocycles. The number of carbonyl (C=O) groups excluding carboxylic acids is 1. The molecule has 1 saturated carbocycles. The molecule has 0 aromatic heterocycles. The van der Waals surface area contributed by atoms with E-state index < -0.39 is 0 Å². The first-order chi connectivity index (χ1) is 9.06. The summed E-state index contributed by atoms with van der Waals surface area (Å²) in [6.45, 7) is 6.83. The molecule has 3 heteroatoms. The third-order valence-corrected chi connectivity index (χ3v) is 3.61. The Kier molecular flexibility index (Phi) is 4.59. The molecule has 1 aromatic rings. The van der Waals surface area contributed by atoms with Gasteiger partial charge in [0.1, 0.15) is 0 Å². The minimum atomic E-state index is 0.0646. The number of hydrogen-bond donors (Lipinski definition) is 2. The molecule has 0 bridgehead atoms. The van der Waals surface area contributed by atoms with E-state index in [1.807, 2.05) is 6.92 Å². The topological polar surface area (TPSA) is 41.1 Å². The smallest absolute Gasteiger partial charge is 0.234 e. The first-order valence-corrected chi connectivity index (χ1v) is 7.19. The number of rotatable bonds is 6. The predicted octanol–water partition coefficient (Wildman–Crippen LogP) is 2.74. The van der Waals surface area contributed by atoms with Gasteiger partial charge in [-0.3, -0.25) is 4.79 Å². The van der Waals surface area contributed by atoms with Gasteiger partial charge in [-0.2, -0.15) is 0 Å². The van der Waals surface area contributed by atoms with Gasteiger partial charge in [0.2, 0.25) is 5.91 Å². The fraction of sp³-hybridized carbons (Fsp3) is 0.562. The lowest BCUT2D eigenvalue weighted by molar-refractivity contribution is -0.120. The van der Waals surface area contributed by atoms with E-state index in [2.05, 4.69) is 48.7 Å². The van der Waals surface area contributed by atoms with E-state index >= 15 is 0 Å². The molecule has 1 amide bonds. The highest BCUT2D eigenvalue weighted by molar-refractivity contribution is 5.78. The monoisotopic (exact) mass is 260 g/mol. The van der Waals surface area contributed by atoms with Crippen LogP contribution in [0.1, 0.15) is 56.7 Å². The van der Waals surface area contributed by atoms with Crippen molar-refractivity contribution in [2.45, 2.75) is 51.6 Å². The van der Waals surface area contributed by atoms with Crippen LogP contribution >= 0.6 is 0 Å². The summed E-state index contributed by atoms with van der Waals surface area (Å²) in [5.74, 6) is 0.619. The Morgan fingerprint density at radius 3 is 2.26 bits per heavy atom. The van der Waals surface area contributed by atoms with Crippen molar-refractivity contribution >= 4 is 5.91 Å². The second kappa shape index (κ2) is 6.20. The Labute approximate surface area is 115 Å². The predicted molar refractivity (Wildman–Crippen MR) is 78.1 cm³/mol. The Morgan fingerprint density at radius 2 is 1.74 bits per heavy atom. The third kappa shape index (κ3) is 4.35. The van der Waals surface area contributed by atoms with E-state index in [9.17, 15) is 4.79 Å². The van der Waals surface area contributed by atoms with Gasteiger partial charge < -0.3 is 10.6 Å². The molecule has 1 aliphatic carbocycles. The van der Waals surface area contributed by atoms with Crippen LogP contribution in [0.3, 0.4) is 0 Å². The molecule has 2 rings (SSSR count). The maximum Gasteiger partial charge on any atom is 0.234 e. The van der Waals surface area contributed by atoms with Crippen LogP contribution in [0.2, 0.25) is 0 Å². The SMILES string of the molecule is CC(C)c1ccc(C(C)NC(=O)CNC2CC2)cc1. The molecule has 0 spiro atoms. The Balaban J connectivity index is 1.83. The Hall–Kier alpha value is -1.35. The zero-order valence-electron chi connectivity index (χ0n) is 12.1. The molecular weight excluding hydrogens is 236 g/mol. The van der Waals surface area contributed by atoms with Gasteiger partial charge in [-0.05, 0) is 36.8 Å². The summed E-state index contributed by atoms with van der Waals surface area (Å²) in [6.07, 6.45) is 2.42. The van der Waals surface area contributed by atoms with Crippen molar-refractivity contribution in [3.05, 3.63) is 35.4 Å². The van der Waals surface area contributed by atoms with Crippen molar-refractivity contribution in [2.75, 3.05) is 6.54 Å². The summed E-state index contributed by atoms with van der Waals surface area (Å²) in [4.78, 5) is 11.8. The first kappa shape index (κ1) is 14.1. The molecule has 0 heterocycles. The van der Waals surface area contributed by atoms with Crippen molar-refractivity contribution in [2.24, 2.45) is 0 Å². The van der Waals surface area contributed by atoms with Gasteiger partial charge in [0.15, 0.2) is 0 Å². The van der Waals surface area contributed by atoms with Crippen LogP contribution in [-0.4, -0.2) is 18.5 Å². The normalized spacial score (nSPS) is 16.4. The van der Waals surface area contributed by atoms with Crippen molar-refractivity contribution < 1.29 is 4.79 Å². The first-order valence-electron chi connectivity index (χ1n) is 7.19. The number of hydrogen-bond acceptors (Lipinski definition) is 2. The van der Waals surface area contributed by atoms with Crippen LogP contribution < -0.4 is 10.6 Å². The van der Waals surface area contributed by atoms with Crippen molar-refractivity contribution in [1.82, 2.24) is 10.6 Å². The van der Waals surface area contributed by atoms with E-state index in [0.717, 1.165) is 5.56 Å². The lowest BCUT2D eigenvalue weighted by atomic mass is 9.99. The van der Waals surface area contributed by atoms with E-state index in [-0.39, 0.29) is 11.9 Å². The fourth-order valence-electron chi connectivity index (χ4n) is 2.07. The highest BCUT2D eigenvalue weighted by Crippen LogP contribution is 2.19. The molecule has 3 nitrogen and oxygen atoms in total. The number of carbonyl (C=O) groups is 1. The second-order valence-corrected chi connectivity index (χ2v) is 5.77. The molecule has 1 unspecified atom stereocenters. The van der Waals surface area contributed by atoms with Gasteiger partial charge in [0.25, 0.3) is 0 Å². The van der Waals surface area contributed by atoms with E-state index in [1.54, 1.807) is 0 Å². The van der Waals surface area contributed by atoms with Crippen LogP contribution in [0.4, 0.5) is 0 Å². The Bertz CT molecular complexity index is 421. The minimum Gasteiger partial charge on any atom is -0.348 e. The van der Waals surface area contributed by atoms with Crippen LogP contribution in [-0.2, 0) is 4.79 Å². The summed E-state index contributed by atoms with van der Waals surface area (Å²) in [7, 11) is 0. The number of nitrogens with one attached hydrogen (secondary N) is 2. The van der Waals surface area contributed by atoms with Crippen LogP contribution in [0.25, 0.3) is 0 Å². The van der Waals surface area contributed by atoms with Gasteiger partial charge in [-0.25, -0.2) is 0 Å². The minimum absolute atomic E-state index is 0.0646. The van der Waals surface area contributed by atoms with Crippen LogP contribution in [0.15, 0.2) is 24.3 Å². The lowest BCUT2D eigenvalue weighted by Gasteiger charge is -2.15. The summed E-state index contributed by atoms with van der Waals surface area (Å²) in [5, 5.41) is 6.25.